The Labute approximate surface area is 143 Å². The summed E-state index contributed by atoms with van der Waals surface area (Å²) in [5.74, 6) is 0.0888. The van der Waals surface area contributed by atoms with Crippen molar-refractivity contribution < 1.29 is 19.1 Å². The number of carbonyl (C=O) groups excluding carboxylic acids is 2. The van der Waals surface area contributed by atoms with Gasteiger partial charge in [0, 0.05) is 6.54 Å². The molecule has 0 spiro atoms. The second-order valence-electron chi connectivity index (χ2n) is 7.44. The van der Waals surface area contributed by atoms with E-state index >= 15 is 0 Å². The Morgan fingerprint density at radius 3 is 2.29 bits per heavy atom. The molecule has 2 atom stereocenters. The van der Waals surface area contributed by atoms with Crippen LogP contribution in [0.5, 0.6) is 0 Å². The maximum atomic E-state index is 12.6. The third-order valence-electron chi connectivity index (χ3n) is 4.16. The molecule has 1 amide bonds. The molecule has 2 rings (SSSR count). The number of esters is 1. The molecule has 0 saturated carbocycles. The van der Waals surface area contributed by atoms with E-state index in [0.29, 0.717) is 18.0 Å². The van der Waals surface area contributed by atoms with Crippen LogP contribution in [-0.2, 0) is 9.47 Å². The van der Waals surface area contributed by atoms with Crippen LogP contribution in [0, 0.1) is 5.92 Å². The molecule has 1 saturated heterocycles. The second kappa shape index (κ2) is 7.24. The standard InChI is InChI=1S/C19H27NO4/c1-13-6-11-16(20(12-13)18(22)24-19(2,3)4)14-7-9-15(10-8-14)17(21)23-5/h7-10,13,16H,6,11-12H2,1-5H3/t13?,16-/m0/s1. The number of piperidine rings is 1. The minimum Gasteiger partial charge on any atom is -0.465 e. The van der Waals surface area contributed by atoms with Crippen molar-refractivity contribution in [1.82, 2.24) is 4.90 Å². The lowest BCUT2D eigenvalue weighted by atomic mass is 9.90. The quantitative estimate of drug-likeness (QED) is 0.762. The molecule has 0 bridgehead atoms. The summed E-state index contributed by atoms with van der Waals surface area (Å²) >= 11 is 0. The maximum absolute atomic E-state index is 12.6. The Hall–Kier alpha value is -2.04. The van der Waals surface area contributed by atoms with Gasteiger partial charge in [0.05, 0.1) is 18.7 Å². The van der Waals surface area contributed by atoms with Gasteiger partial charge < -0.3 is 14.4 Å². The number of carbonyl (C=O) groups is 2. The van der Waals surface area contributed by atoms with Crippen LogP contribution in [0.15, 0.2) is 24.3 Å². The van der Waals surface area contributed by atoms with Gasteiger partial charge in [-0.2, -0.15) is 0 Å². The molecule has 0 aliphatic carbocycles. The van der Waals surface area contributed by atoms with Gasteiger partial charge in [-0.05, 0) is 57.2 Å². The van der Waals surface area contributed by atoms with Crippen molar-refractivity contribution in [2.45, 2.75) is 52.2 Å². The van der Waals surface area contributed by atoms with Crippen molar-refractivity contribution in [2.24, 2.45) is 5.92 Å². The molecular formula is C19H27NO4. The van der Waals surface area contributed by atoms with E-state index in [9.17, 15) is 9.59 Å². The van der Waals surface area contributed by atoms with Crippen LogP contribution in [0.1, 0.15) is 62.5 Å². The van der Waals surface area contributed by atoms with Crippen molar-refractivity contribution >= 4 is 12.1 Å². The molecule has 1 aromatic rings. The zero-order valence-electron chi connectivity index (χ0n) is 15.2. The predicted octanol–water partition coefficient (Wildman–Crippen LogP) is 4.18. The maximum Gasteiger partial charge on any atom is 0.410 e. The van der Waals surface area contributed by atoms with Crippen molar-refractivity contribution in [2.75, 3.05) is 13.7 Å². The van der Waals surface area contributed by atoms with Crippen LogP contribution in [-0.4, -0.2) is 36.2 Å². The summed E-state index contributed by atoms with van der Waals surface area (Å²) in [7, 11) is 1.36. The van der Waals surface area contributed by atoms with Crippen LogP contribution >= 0.6 is 0 Å². The number of benzene rings is 1. The fourth-order valence-corrected chi connectivity index (χ4v) is 2.98. The number of hydrogen-bond acceptors (Lipinski definition) is 4. The van der Waals surface area contributed by atoms with Gasteiger partial charge in [0.15, 0.2) is 0 Å². The van der Waals surface area contributed by atoms with Gasteiger partial charge in [-0.3, -0.25) is 0 Å². The summed E-state index contributed by atoms with van der Waals surface area (Å²) in [5.41, 5.74) is 1.01. The average molecular weight is 333 g/mol. The Kier molecular flexibility index (Phi) is 5.52. The zero-order valence-corrected chi connectivity index (χ0v) is 15.2. The summed E-state index contributed by atoms with van der Waals surface area (Å²) in [6.07, 6.45) is 1.66. The molecule has 1 heterocycles. The van der Waals surface area contributed by atoms with Gasteiger partial charge in [0.25, 0.3) is 0 Å². The summed E-state index contributed by atoms with van der Waals surface area (Å²) < 4.78 is 10.3. The first-order valence-corrected chi connectivity index (χ1v) is 8.39. The highest BCUT2D eigenvalue weighted by Gasteiger charge is 2.33. The fraction of sp³-hybridized carbons (Fsp3) is 0.579. The molecule has 5 nitrogen and oxygen atoms in total. The van der Waals surface area contributed by atoms with Crippen LogP contribution in [0.3, 0.4) is 0 Å². The van der Waals surface area contributed by atoms with Gasteiger partial charge in [-0.1, -0.05) is 19.1 Å². The van der Waals surface area contributed by atoms with E-state index in [1.54, 1.807) is 12.1 Å². The highest BCUT2D eigenvalue weighted by Crippen LogP contribution is 2.34. The van der Waals surface area contributed by atoms with Crippen LogP contribution in [0.25, 0.3) is 0 Å². The third-order valence-corrected chi connectivity index (χ3v) is 4.16. The van der Waals surface area contributed by atoms with Crippen LogP contribution in [0.2, 0.25) is 0 Å². The first-order chi connectivity index (χ1) is 11.2. The smallest absolute Gasteiger partial charge is 0.410 e. The minimum atomic E-state index is -0.517. The number of amides is 1. The topological polar surface area (TPSA) is 55.8 Å². The summed E-state index contributed by atoms with van der Waals surface area (Å²) in [5, 5.41) is 0. The number of likely N-dealkylation sites (tertiary alicyclic amines) is 1. The first-order valence-electron chi connectivity index (χ1n) is 8.39. The Morgan fingerprint density at radius 1 is 1.12 bits per heavy atom. The highest BCUT2D eigenvalue weighted by molar-refractivity contribution is 5.89. The molecular weight excluding hydrogens is 306 g/mol. The number of rotatable bonds is 2. The molecule has 1 fully saturated rings. The fourth-order valence-electron chi connectivity index (χ4n) is 2.98. The van der Waals surface area contributed by atoms with Gasteiger partial charge in [-0.25, -0.2) is 9.59 Å². The largest absolute Gasteiger partial charge is 0.465 e. The van der Waals surface area contributed by atoms with Gasteiger partial charge in [-0.15, -0.1) is 0 Å². The van der Waals surface area contributed by atoms with Crippen molar-refractivity contribution in [3.63, 3.8) is 0 Å². The normalized spacial score (nSPS) is 21.3. The zero-order chi connectivity index (χ0) is 17.9. The molecule has 5 heteroatoms. The summed E-state index contributed by atoms with van der Waals surface area (Å²) in [4.78, 5) is 26.0. The van der Waals surface area contributed by atoms with Gasteiger partial charge in [0.2, 0.25) is 0 Å². The van der Waals surface area contributed by atoms with E-state index in [2.05, 4.69) is 6.92 Å². The predicted molar refractivity (Wildman–Crippen MR) is 91.9 cm³/mol. The molecule has 0 aromatic heterocycles. The number of nitrogens with zero attached hydrogens (tertiary/aromatic N) is 1. The average Bonchev–Trinajstić information content (AvgIpc) is 2.52. The van der Waals surface area contributed by atoms with Crippen molar-refractivity contribution in [3.8, 4) is 0 Å². The lowest BCUT2D eigenvalue weighted by molar-refractivity contribution is 0.00361. The Bertz CT molecular complexity index is 588. The van der Waals surface area contributed by atoms with Crippen LogP contribution in [0.4, 0.5) is 4.79 Å². The number of ether oxygens (including phenoxy) is 2. The van der Waals surface area contributed by atoms with Crippen molar-refractivity contribution in [1.29, 1.82) is 0 Å². The van der Waals surface area contributed by atoms with E-state index < -0.39 is 5.60 Å². The van der Waals surface area contributed by atoms with E-state index in [1.165, 1.54) is 7.11 Å². The molecule has 132 valence electrons. The summed E-state index contributed by atoms with van der Waals surface area (Å²) in [6.45, 7) is 8.45. The van der Waals surface area contributed by atoms with E-state index in [0.717, 1.165) is 18.4 Å². The molecule has 1 aromatic carbocycles. The highest BCUT2D eigenvalue weighted by atomic mass is 16.6. The third kappa shape index (κ3) is 4.49. The Balaban J connectivity index is 2.21. The van der Waals surface area contributed by atoms with Crippen LogP contribution < -0.4 is 0 Å². The molecule has 1 aliphatic rings. The Morgan fingerprint density at radius 2 is 1.75 bits per heavy atom. The molecule has 0 radical (unpaired) electrons. The molecule has 1 aliphatic heterocycles. The van der Waals surface area contributed by atoms with Crippen molar-refractivity contribution in [3.05, 3.63) is 35.4 Å². The summed E-state index contributed by atoms with van der Waals surface area (Å²) in [6, 6.07) is 7.25. The molecule has 1 unspecified atom stereocenters. The number of methoxy groups -OCH3 is 1. The van der Waals surface area contributed by atoms with E-state index in [4.69, 9.17) is 9.47 Å². The van der Waals surface area contributed by atoms with E-state index in [1.807, 2.05) is 37.8 Å². The molecule has 24 heavy (non-hydrogen) atoms. The monoisotopic (exact) mass is 333 g/mol. The second-order valence-corrected chi connectivity index (χ2v) is 7.44. The first kappa shape index (κ1) is 18.3. The minimum absolute atomic E-state index is 0.0252. The lowest BCUT2D eigenvalue weighted by Crippen LogP contribution is -2.44. The molecule has 0 N–H and O–H groups in total. The van der Waals surface area contributed by atoms with E-state index in [-0.39, 0.29) is 18.1 Å². The van der Waals surface area contributed by atoms with Gasteiger partial charge in [0.1, 0.15) is 5.60 Å². The lowest BCUT2D eigenvalue weighted by Gasteiger charge is -2.39. The SMILES string of the molecule is COC(=O)c1ccc([C@@H]2CCC(C)CN2C(=O)OC(C)(C)C)cc1. The van der Waals surface area contributed by atoms with Gasteiger partial charge >= 0.3 is 12.1 Å². The number of hydrogen-bond donors (Lipinski definition) is 0.